The summed E-state index contributed by atoms with van der Waals surface area (Å²) < 4.78 is 0. The first-order chi connectivity index (χ1) is 44.2. The van der Waals surface area contributed by atoms with Crippen molar-refractivity contribution in [1.82, 2.24) is 15.0 Å². The summed E-state index contributed by atoms with van der Waals surface area (Å²) in [4.78, 5) is 23.9. The van der Waals surface area contributed by atoms with Crippen molar-refractivity contribution in [3.8, 4) is 0 Å². The molecule has 11 aromatic carbocycles. The van der Waals surface area contributed by atoms with Gasteiger partial charge >= 0.3 is 296 Å². The zero-order valence-corrected chi connectivity index (χ0v) is 52.8. The molecule has 0 spiro atoms. The minimum atomic E-state index is -3.47. The van der Waals surface area contributed by atoms with Gasteiger partial charge in [-0.1, -0.05) is 109 Å². The quantitative estimate of drug-likeness (QED) is 0.0758. The average Bonchev–Trinajstić information content (AvgIpc) is 0.722. The number of aromatic nitrogens is 3. The first-order valence-corrected chi connectivity index (χ1v) is 36.7. The van der Waals surface area contributed by atoms with E-state index in [4.69, 9.17) is 22.5 Å². The molecule has 0 saturated carbocycles. The van der Waals surface area contributed by atoms with E-state index in [2.05, 4.69) is 294 Å². The van der Waals surface area contributed by atoms with Crippen molar-refractivity contribution in [2.24, 2.45) is 0 Å². The number of carbonyl (C=O) groups excluding carboxylic acids is 1. The summed E-state index contributed by atoms with van der Waals surface area (Å²) >= 11 is 16.9. The van der Waals surface area contributed by atoms with Crippen LogP contribution in [0.5, 0.6) is 0 Å². The Kier molecular flexibility index (Phi) is 18.4. The van der Waals surface area contributed by atoms with E-state index in [0.29, 0.717) is 18.0 Å². The van der Waals surface area contributed by atoms with Crippen molar-refractivity contribution < 1.29 is 4.79 Å². The number of para-hydroxylation sites is 3. The molecule has 3 heterocycles. The molecule has 0 aliphatic heterocycles. The monoisotopic (exact) mass is 1240 g/mol. The van der Waals surface area contributed by atoms with E-state index in [-0.39, 0.29) is 0 Å². The van der Waals surface area contributed by atoms with Gasteiger partial charge in [0, 0.05) is 16.2 Å². The van der Waals surface area contributed by atoms with E-state index in [0.717, 1.165) is 93.3 Å². The van der Waals surface area contributed by atoms with Crippen molar-refractivity contribution in [3.63, 3.8) is 0 Å². The molecule has 0 bridgehead atoms. The largest absolute Gasteiger partial charge is 0.296 e. The number of halogens is 2. The van der Waals surface area contributed by atoms with Crippen molar-refractivity contribution in [2.45, 2.75) is 12.3 Å². The number of pyridine rings is 3. The minimum Gasteiger partial charge on any atom is -0.296 e. The van der Waals surface area contributed by atoms with E-state index in [1.165, 1.54) is 11.1 Å². The van der Waals surface area contributed by atoms with Gasteiger partial charge in [-0.25, -0.2) is 15.0 Å². The maximum absolute atomic E-state index is 10.4. The van der Waals surface area contributed by atoms with Crippen LogP contribution in [0, 0.1) is 0 Å². The predicted molar refractivity (Wildman–Crippen MR) is 391 cm³/mol. The minimum absolute atomic E-state index is 0.480. The fraction of sp³-hybridized carbons (Fsp3) is 0.0244. The molecule has 0 N–H and O–H groups in total. The summed E-state index contributed by atoms with van der Waals surface area (Å²) in [6.07, 6.45) is 10.4. The molecular formula is C82H65Cl2N3OP2. The molecule has 14 aromatic rings. The molecule has 438 valence electrons. The van der Waals surface area contributed by atoms with Crippen LogP contribution in [0.3, 0.4) is 0 Å². The summed E-state index contributed by atoms with van der Waals surface area (Å²) in [5, 5.41) is 10.3. The average molecular weight is 1240 g/mol. The Morgan fingerprint density at radius 1 is 0.256 bits per heavy atom. The van der Waals surface area contributed by atoms with Crippen LogP contribution in [0.2, 0.25) is 0 Å². The molecule has 14 rings (SSSR count). The normalized spacial score (nSPS) is 12.4. The van der Waals surface area contributed by atoms with Crippen LogP contribution in [0.25, 0.3) is 57.0 Å². The molecule has 8 heteroatoms. The van der Waals surface area contributed by atoms with E-state index in [1.54, 1.807) is 6.07 Å². The topological polar surface area (TPSA) is 55.7 Å². The Bertz CT molecular complexity index is 4310. The second kappa shape index (κ2) is 27.3. The third-order valence-electron chi connectivity index (χ3n) is 16.6. The molecule has 0 atom stereocenters. The molecule has 0 saturated heterocycles. The Morgan fingerprint density at radius 2 is 0.500 bits per heavy atom. The molecule has 3 aromatic heterocycles. The maximum Gasteiger partial charge on any atom is 0.168 e. The Balaban J connectivity index is 0.000000157. The molecule has 0 aliphatic rings. The molecule has 4 nitrogen and oxygen atoms in total. The predicted octanol–water partition coefficient (Wildman–Crippen LogP) is 19.2. The van der Waals surface area contributed by atoms with Gasteiger partial charge in [0.25, 0.3) is 0 Å². The van der Waals surface area contributed by atoms with E-state index >= 15 is 0 Å². The van der Waals surface area contributed by atoms with Crippen LogP contribution in [-0.4, -0.2) is 21.2 Å². The number of aldehydes is 1. The number of nitrogens with zero attached hydrogens (tertiary/aromatic N) is 3. The number of hydrogen-bond donors (Lipinski definition) is 0. The summed E-state index contributed by atoms with van der Waals surface area (Å²) in [6, 6.07) is 118. The maximum atomic E-state index is 10.4. The van der Waals surface area contributed by atoms with Crippen LogP contribution in [0.4, 0.5) is 0 Å². The smallest absolute Gasteiger partial charge is 0.168 e. The summed E-state index contributed by atoms with van der Waals surface area (Å²) in [5.74, 6) is -6.94. The Morgan fingerprint density at radius 3 is 0.778 bits per heavy atom. The fourth-order valence-corrected chi connectivity index (χ4v) is 24.2. The van der Waals surface area contributed by atoms with Crippen LogP contribution in [0.15, 0.2) is 340 Å². The molecule has 0 fully saturated rings. The summed E-state index contributed by atoms with van der Waals surface area (Å²) in [6.45, 7) is 0. The first kappa shape index (κ1) is 60.5. The summed E-state index contributed by atoms with van der Waals surface area (Å²) in [7, 11) is 0. The fourth-order valence-electron chi connectivity index (χ4n) is 11.9. The molecule has 0 unspecified atom stereocenters. The van der Waals surface area contributed by atoms with Crippen LogP contribution in [-0.2, 0) is 12.3 Å². The van der Waals surface area contributed by atoms with Crippen LogP contribution >= 0.6 is 34.4 Å². The van der Waals surface area contributed by atoms with Gasteiger partial charge in [0.1, 0.15) is 5.69 Å². The third kappa shape index (κ3) is 12.9. The molecular weight excluding hydrogens is 1180 g/mol. The van der Waals surface area contributed by atoms with Gasteiger partial charge in [-0.3, -0.25) is 4.79 Å². The molecule has 0 radical (unpaired) electrons. The van der Waals surface area contributed by atoms with E-state index in [1.807, 2.05) is 78.9 Å². The zero-order valence-electron chi connectivity index (χ0n) is 49.5. The number of benzene rings is 11. The van der Waals surface area contributed by atoms with Gasteiger partial charge in [-0.15, -0.1) is 0 Å². The van der Waals surface area contributed by atoms with Crippen molar-refractivity contribution in [1.29, 1.82) is 0 Å². The van der Waals surface area contributed by atoms with E-state index < -0.39 is 11.9 Å². The van der Waals surface area contributed by atoms with Crippen molar-refractivity contribution in [3.05, 3.63) is 379 Å². The number of rotatable bonds is 15. The second-order valence-electron chi connectivity index (χ2n) is 22.2. The van der Waals surface area contributed by atoms with Gasteiger partial charge in [0.15, 0.2) is 6.29 Å². The number of carbonyl (C=O) groups is 1. The molecule has 0 amide bonds. The third-order valence-corrected chi connectivity index (χ3v) is 31.0. The summed E-state index contributed by atoms with van der Waals surface area (Å²) in [5.41, 5.74) is 9.96. The zero-order chi connectivity index (χ0) is 61.5. The van der Waals surface area contributed by atoms with Gasteiger partial charge in [-0.05, 0) is 59.7 Å². The van der Waals surface area contributed by atoms with Gasteiger partial charge in [-0.2, -0.15) is 0 Å². The standard InChI is InChI=1S/C44H38Cl2P2.C28H20N2.C10H7NO/c45-47(39-19-7-1-8-20-39,40-21-9-2-10-22-40,41-23-11-3-12-24-41)35-37-31-33-38(34-32-37)36-48(46,42-25-13-4-14-26-42,43-27-15-5-16-28-43)44-29-17-6-18-30-44;1-3-7-27-23(5-1)15-19-25(29-27)17-13-21-9-11-22(12-10-21)14-18-26-20-16-24-6-2-4-8-28(24)30-26;12-7-9-6-5-8-3-1-2-4-10(8)11-9/h1-34H,35-36H2;1-20H;1-7H/b;17-13+,18-14+;. The van der Waals surface area contributed by atoms with Crippen LogP contribution in [0.1, 0.15) is 44.1 Å². The molecule has 90 heavy (non-hydrogen) atoms. The SMILES string of the molecule is C(=C\c1ccc2ccccc2n1)/c1ccc(/C=C/c2ccc3ccccc3n2)cc1.ClP(Cc1ccc(CP(Cl)(c2ccccc2)(c2ccccc2)c2ccccc2)cc1)(c1ccccc1)(c1ccccc1)c1ccccc1.O=Cc1ccc2ccccc2n1. The van der Waals surface area contributed by atoms with Gasteiger partial charge in [0.2, 0.25) is 0 Å². The van der Waals surface area contributed by atoms with Crippen molar-refractivity contribution in [2.75, 3.05) is 0 Å². The first-order valence-electron chi connectivity index (χ1n) is 30.0. The number of fused-ring (bicyclic) bond motifs is 3. The van der Waals surface area contributed by atoms with Crippen molar-refractivity contribution >= 4 is 130 Å². The van der Waals surface area contributed by atoms with Gasteiger partial charge in [0.05, 0.1) is 27.9 Å². The molecule has 0 aliphatic carbocycles. The van der Waals surface area contributed by atoms with Crippen LogP contribution < -0.4 is 31.8 Å². The number of hydrogen-bond acceptors (Lipinski definition) is 4. The van der Waals surface area contributed by atoms with Gasteiger partial charge < -0.3 is 0 Å². The van der Waals surface area contributed by atoms with E-state index in [9.17, 15) is 4.79 Å². The Hall–Kier alpha value is -9.76. The second-order valence-corrected chi connectivity index (χ2v) is 35.2. The Labute approximate surface area is 537 Å².